The summed E-state index contributed by atoms with van der Waals surface area (Å²) >= 11 is 10.7. The van der Waals surface area contributed by atoms with Crippen molar-refractivity contribution >= 4 is 34.8 Å². The lowest BCUT2D eigenvalue weighted by Crippen LogP contribution is -2.26. The second-order valence-electron chi connectivity index (χ2n) is 3.29. The predicted molar refractivity (Wildman–Crippen MR) is 69.4 cm³/mol. The number of esters is 1. The van der Waals surface area contributed by atoms with E-state index in [2.05, 4.69) is 4.74 Å². The summed E-state index contributed by atoms with van der Waals surface area (Å²) in [6.07, 6.45) is -0.758. The third-order valence-corrected chi connectivity index (χ3v) is 2.50. The van der Waals surface area contributed by atoms with Gasteiger partial charge >= 0.3 is 5.97 Å². The van der Waals surface area contributed by atoms with Gasteiger partial charge in [-0.15, -0.1) is 0 Å². The molecule has 0 saturated heterocycles. The molecule has 0 radical (unpaired) electrons. The second kappa shape index (κ2) is 5.84. The lowest BCUT2D eigenvalue weighted by atomic mass is 10.2. The molecule has 0 aliphatic carbocycles. The van der Waals surface area contributed by atoms with Crippen LogP contribution in [0.4, 0.5) is 0 Å². The second-order valence-corrected chi connectivity index (χ2v) is 4.16. The molecule has 0 aliphatic rings. The summed E-state index contributed by atoms with van der Waals surface area (Å²) < 4.78 is 9.97. The zero-order chi connectivity index (χ0) is 13.0. The summed E-state index contributed by atoms with van der Waals surface area (Å²) in [4.78, 5) is 11.4. The van der Waals surface area contributed by atoms with Crippen molar-refractivity contribution in [3.63, 3.8) is 0 Å². The maximum atomic E-state index is 11.2. The molecule has 4 nitrogen and oxygen atoms in total. The molecule has 1 rings (SSSR count). The Hall–Kier alpha value is -1.33. The van der Waals surface area contributed by atoms with E-state index in [1.165, 1.54) is 7.11 Å². The van der Waals surface area contributed by atoms with E-state index in [1.807, 2.05) is 0 Å². The summed E-state index contributed by atoms with van der Waals surface area (Å²) in [5, 5.41) is 0.470. The molecular formula is C11H12ClNO3S. The number of methoxy groups -OCH3 is 1. The fourth-order valence-corrected chi connectivity index (χ4v) is 1.53. The standard InChI is InChI=1S/C11H12ClNO3S/c1-6(11(14)15-2)16-9-5-7(12)3-4-8(9)10(13)17/h3-6H,1-2H3,(H2,13,17). The van der Waals surface area contributed by atoms with Crippen LogP contribution in [0.1, 0.15) is 12.5 Å². The number of carbonyl (C=O) groups is 1. The Kier molecular flexibility index (Phi) is 4.72. The highest BCUT2D eigenvalue weighted by Gasteiger charge is 2.17. The molecule has 0 aliphatic heterocycles. The molecule has 0 fully saturated rings. The SMILES string of the molecule is COC(=O)C(C)Oc1cc(Cl)ccc1C(N)=S. The molecule has 17 heavy (non-hydrogen) atoms. The van der Waals surface area contributed by atoms with E-state index in [9.17, 15) is 4.79 Å². The van der Waals surface area contributed by atoms with Gasteiger partial charge in [0.25, 0.3) is 0 Å². The molecule has 0 saturated carbocycles. The Balaban J connectivity index is 3.00. The Morgan fingerprint density at radius 2 is 2.18 bits per heavy atom. The number of hydrogen-bond donors (Lipinski definition) is 1. The molecule has 6 heteroatoms. The van der Waals surface area contributed by atoms with Gasteiger partial charge in [-0.25, -0.2) is 4.79 Å². The van der Waals surface area contributed by atoms with Crippen LogP contribution in [0.2, 0.25) is 5.02 Å². The molecule has 1 atom stereocenters. The largest absolute Gasteiger partial charge is 0.478 e. The maximum absolute atomic E-state index is 11.2. The zero-order valence-electron chi connectivity index (χ0n) is 9.40. The van der Waals surface area contributed by atoms with Crippen molar-refractivity contribution in [2.45, 2.75) is 13.0 Å². The van der Waals surface area contributed by atoms with Crippen molar-refractivity contribution in [3.05, 3.63) is 28.8 Å². The number of hydrogen-bond acceptors (Lipinski definition) is 4. The van der Waals surface area contributed by atoms with Gasteiger partial charge in [-0.3, -0.25) is 0 Å². The van der Waals surface area contributed by atoms with Crippen LogP contribution in [0.5, 0.6) is 5.75 Å². The smallest absolute Gasteiger partial charge is 0.346 e. The van der Waals surface area contributed by atoms with Crippen LogP contribution < -0.4 is 10.5 Å². The average Bonchev–Trinajstić information content (AvgIpc) is 2.27. The number of ether oxygens (including phenoxy) is 2. The molecule has 0 aromatic heterocycles. The number of halogens is 1. The van der Waals surface area contributed by atoms with Crippen molar-refractivity contribution in [2.75, 3.05) is 7.11 Å². The third-order valence-electron chi connectivity index (χ3n) is 2.05. The van der Waals surface area contributed by atoms with E-state index in [-0.39, 0.29) is 4.99 Å². The van der Waals surface area contributed by atoms with E-state index in [4.69, 9.17) is 34.3 Å². The van der Waals surface area contributed by atoms with Gasteiger partial charge in [0.05, 0.1) is 12.7 Å². The fraction of sp³-hybridized carbons (Fsp3) is 0.273. The Morgan fingerprint density at radius 3 is 2.71 bits per heavy atom. The van der Waals surface area contributed by atoms with Gasteiger partial charge in [0, 0.05) is 5.02 Å². The van der Waals surface area contributed by atoms with Crippen LogP contribution in [-0.4, -0.2) is 24.2 Å². The first-order chi connectivity index (χ1) is 7.95. The first-order valence-electron chi connectivity index (χ1n) is 4.79. The first kappa shape index (κ1) is 13.7. The minimum absolute atomic E-state index is 0.175. The summed E-state index contributed by atoms with van der Waals surface area (Å²) in [7, 11) is 1.29. The number of carbonyl (C=O) groups excluding carboxylic acids is 1. The number of nitrogens with two attached hydrogens (primary N) is 1. The first-order valence-corrected chi connectivity index (χ1v) is 5.58. The lowest BCUT2D eigenvalue weighted by molar-refractivity contribution is -0.147. The van der Waals surface area contributed by atoms with Gasteiger partial charge in [0.1, 0.15) is 10.7 Å². The van der Waals surface area contributed by atoms with E-state index in [0.717, 1.165) is 0 Å². The minimum Gasteiger partial charge on any atom is -0.478 e. The Bertz CT molecular complexity index is 450. The highest BCUT2D eigenvalue weighted by atomic mass is 35.5. The average molecular weight is 274 g/mol. The number of benzene rings is 1. The van der Waals surface area contributed by atoms with E-state index >= 15 is 0 Å². The van der Waals surface area contributed by atoms with E-state index < -0.39 is 12.1 Å². The van der Waals surface area contributed by atoms with Crippen molar-refractivity contribution < 1.29 is 14.3 Å². The van der Waals surface area contributed by atoms with Crippen LogP contribution in [0.15, 0.2) is 18.2 Å². The van der Waals surface area contributed by atoms with Crippen molar-refractivity contribution in [1.82, 2.24) is 0 Å². The Labute approximate surface area is 110 Å². The minimum atomic E-state index is -0.758. The monoisotopic (exact) mass is 273 g/mol. The fourth-order valence-electron chi connectivity index (χ4n) is 1.20. The zero-order valence-corrected chi connectivity index (χ0v) is 11.0. The van der Waals surface area contributed by atoms with Crippen molar-refractivity contribution in [2.24, 2.45) is 5.73 Å². The third kappa shape index (κ3) is 3.57. The molecule has 1 aromatic rings. The van der Waals surface area contributed by atoms with Gasteiger partial charge in [0.2, 0.25) is 0 Å². The predicted octanol–water partition coefficient (Wildman–Crippen LogP) is 1.91. The summed E-state index contributed by atoms with van der Waals surface area (Å²) in [5.41, 5.74) is 6.07. The molecule has 0 bridgehead atoms. The van der Waals surface area contributed by atoms with E-state index in [1.54, 1.807) is 25.1 Å². The molecule has 1 aromatic carbocycles. The molecule has 0 spiro atoms. The normalized spacial score (nSPS) is 11.7. The van der Waals surface area contributed by atoms with Gasteiger partial charge in [-0.05, 0) is 25.1 Å². The molecule has 0 amide bonds. The summed E-state index contributed by atoms with van der Waals surface area (Å²) in [5.74, 6) is -0.123. The quantitative estimate of drug-likeness (QED) is 0.671. The molecule has 92 valence electrons. The topological polar surface area (TPSA) is 61.5 Å². The van der Waals surface area contributed by atoms with Gasteiger partial charge in [-0.2, -0.15) is 0 Å². The maximum Gasteiger partial charge on any atom is 0.346 e. The highest BCUT2D eigenvalue weighted by Crippen LogP contribution is 2.24. The molecular weight excluding hydrogens is 262 g/mol. The summed E-state index contributed by atoms with van der Waals surface area (Å²) in [6.45, 7) is 1.57. The van der Waals surface area contributed by atoms with Gasteiger partial charge in [-0.1, -0.05) is 23.8 Å². The Morgan fingerprint density at radius 1 is 1.53 bits per heavy atom. The van der Waals surface area contributed by atoms with Crippen molar-refractivity contribution in [3.8, 4) is 5.75 Å². The van der Waals surface area contributed by atoms with Crippen LogP contribution in [0.3, 0.4) is 0 Å². The molecule has 1 unspecified atom stereocenters. The molecule has 2 N–H and O–H groups in total. The number of rotatable bonds is 4. The summed E-state index contributed by atoms with van der Waals surface area (Å²) in [6, 6.07) is 4.84. The molecule has 0 heterocycles. The van der Waals surface area contributed by atoms with E-state index in [0.29, 0.717) is 16.3 Å². The van der Waals surface area contributed by atoms with Crippen molar-refractivity contribution in [1.29, 1.82) is 0 Å². The lowest BCUT2D eigenvalue weighted by Gasteiger charge is -2.15. The van der Waals surface area contributed by atoms with Gasteiger partial charge in [0.15, 0.2) is 6.10 Å². The number of thiocarbonyl (C=S) groups is 1. The van der Waals surface area contributed by atoms with Crippen LogP contribution in [-0.2, 0) is 9.53 Å². The highest BCUT2D eigenvalue weighted by molar-refractivity contribution is 7.80. The van der Waals surface area contributed by atoms with Gasteiger partial charge < -0.3 is 15.2 Å². The van der Waals surface area contributed by atoms with Crippen LogP contribution in [0, 0.1) is 0 Å². The van der Waals surface area contributed by atoms with Crippen LogP contribution in [0.25, 0.3) is 0 Å². The van der Waals surface area contributed by atoms with Crippen LogP contribution >= 0.6 is 23.8 Å².